The molecule has 0 aliphatic carbocycles. The Balaban J connectivity index is 2.40. The highest BCUT2D eigenvalue weighted by atomic mass is 35.5. The van der Waals surface area contributed by atoms with E-state index in [0.717, 1.165) is 6.42 Å². The molecule has 3 nitrogen and oxygen atoms in total. The van der Waals surface area contributed by atoms with Crippen LogP contribution in [0.2, 0.25) is 5.02 Å². The molecular formula is C16H16ClFN2O. The fourth-order valence-electron chi connectivity index (χ4n) is 2.04. The summed E-state index contributed by atoms with van der Waals surface area (Å²) < 4.78 is 14.0. The van der Waals surface area contributed by atoms with Gasteiger partial charge in [-0.2, -0.15) is 0 Å². The summed E-state index contributed by atoms with van der Waals surface area (Å²) in [5.74, 6) is -1.11. The molecule has 2 rings (SSSR count). The zero-order chi connectivity index (χ0) is 15.4. The molecule has 0 aromatic heterocycles. The Kier molecular flexibility index (Phi) is 4.81. The summed E-state index contributed by atoms with van der Waals surface area (Å²) in [4.78, 5) is 14.1. The van der Waals surface area contributed by atoms with E-state index in [0.29, 0.717) is 17.9 Å². The van der Waals surface area contributed by atoms with E-state index in [1.165, 1.54) is 17.0 Å². The standard InChI is InChI=1S/C16H16ClFN2O/c1-2-10-20(12-8-6-11(19)7-9-12)16(21)13-4-3-5-14(17)15(13)18/h3-9H,2,10,19H2,1H3. The number of hydrogen-bond acceptors (Lipinski definition) is 2. The molecular weight excluding hydrogens is 291 g/mol. The molecule has 0 fully saturated rings. The molecule has 0 saturated heterocycles. The minimum absolute atomic E-state index is 0.0345. The molecule has 0 spiro atoms. The summed E-state index contributed by atoms with van der Waals surface area (Å²) in [5.41, 5.74) is 6.90. The average molecular weight is 307 g/mol. The summed E-state index contributed by atoms with van der Waals surface area (Å²) in [5, 5.41) is -0.0606. The zero-order valence-corrected chi connectivity index (χ0v) is 12.4. The quantitative estimate of drug-likeness (QED) is 0.864. The second kappa shape index (κ2) is 6.59. The van der Waals surface area contributed by atoms with Crippen LogP contribution in [0.15, 0.2) is 42.5 Å². The Morgan fingerprint density at radius 2 is 1.90 bits per heavy atom. The van der Waals surface area contributed by atoms with Crippen LogP contribution < -0.4 is 10.6 Å². The van der Waals surface area contributed by atoms with Crippen molar-refractivity contribution in [1.82, 2.24) is 0 Å². The van der Waals surface area contributed by atoms with Crippen LogP contribution in [0, 0.1) is 5.82 Å². The predicted molar refractivity (Wildman–Crippen MR) is 84.2 cm³/mol. The first-order chi connectivity index (χ1) is 10.0. The number of nitrogens with two attached hydrogens (primary N) is 1. The van der Waals surface area contributed by atoms with E-state index in [1.54, 1.807) is 30.3 Å². The van der Waals surface area contributed by atoms with Gasteiger partial charge in [-0.25, -0.2) is 4.39 Å². The number of rotatable bonds is 4. The molecule has 0 bridgehead atoms. The van der Waals surface area contributed by atoms with Gasteiger partial charge in [0, 0.05) is 17.9 Å². The maximum Gasteiger partial charge on any atom is 0.261 e. The molecule has 21 heavy (non-hydrogen) atoms. The SMILES string of the molecule is CCCN(C(=O)c1cccc(Cl)c1F)c1ccc(N)cc1. The molecule has 0 atom stereocenters. The normalized spacial score (nSPS) is 10.4. The Morgan fingerprint density at radius 1 is 1.24 bits per heavy atom. The first-order valence-electron chi connectivity index (χ1n) is 6.66. The van der Waals surface area contributed by atoms with Crippen LogP contribution in [-0.2, 0) is 0 Å². The Bertz CT molecular complexity index is 643. The van der Waals surface area contributed by atoms with Crippen molar-refractivity contribution in [3.05, 3.63) is 58.9 Å². The van der Waals surface area contributed by atoms with Crippen molar-refractivity contribution in [2.75, 3.05) is 17.2 Å². The molecule has 0 heterocycles. The lowest BCUT2D eigenvalue weighted by Crippen LogP contribution is -2.32. The lowest BCUT2D eigenvalue weighted by atomic mass is 10.1. The highest BCUT2D eigenvalue weighted by molar-refractivity contribution is 6.31. The minimum atomic E-state index is -0.694. The number of benzene rings is 2. The molecule has 2 aromatic carbocycles. The van der Waals surface area contributed by atoms with Crippen LogP contribution >= 0.6 is 11.6 Å². The van der Waals surface area contributed by atoms with Crippen LogP contribution in [0.5, 0.6) is 0 Å². The fourth-order valence-corrected chi connectivity index (χ4v) is 2.21. The first-order valence-corrected chi connectivity index (χ1v) is 7.03. The largest absolute Gasteiger partial charge is 0.399 e. The van der Waals surface area contributed by atoms with Crippen molar-refractivity contribution in [3.63, 3.8) is 0 Å². The number of hydrogen-bond donors (Lipinski definition) is 1. The number of nitrogen functional groups attached to an aromatic ring is 1. The summed E-state index contributed by atoms with van der Waals surface area (Å²) in [6.45, 7) is 2.43. The van der Waals surface area contributed by atoms with Crippen molar-refractivity contribution >= 4 is 28.9 Å². The van der Waals surface area contributed by atoms with Gasteiger partial charge >= 0.3 is 0 Å². The summed E-state index contributed by atoms with van der Waals surface area (Å²) in [6, 6.07) is 11.3. The van der Waals surface area contributed by atoms with Gasteiger partial charge in [0.25, 0.3) is 5.91 Å². The maximum atomic E-state index is 14.0. The molecule has 0 saturated carbocycles. The number of amides is 1. The highest BCUT2D eigenvalue weighted by Crippen LogP contribution is 2.23. The van der Waals surface area contributed by atoms with Crippen LogP contribution in [0.1, 0.15) is 23.7 Å². The molecule has 0 aliphatic heterocycles. The molecule has 2 aromatic rings. The van der Waals surface area contributed by atoms with E-state index in [-0.39, 0.29) is 10.6 Å². The van der Waals surface area contributed by atoms with Gasteiger partial charge in [-0.3, -0.25) is 4.79 Å². The average Bonchev–Trinajstić information content (AvgIpc) is 2.48. The van der Waals surface area contributed by atoms with Gasteiger partial charge in [0.15, 0.2) is 5.82 Å². The van der Waals surface area contributed by atoms with Crippen molar-refractivity contribution in [1.29, 1.82) is 0 Å². The van der Waals surface area contributed by atoms with E-state index in [2.05, 4.69) is 0 Å². The van der Waals surface area contributed by atoms with E-state index in [1.807, 2.05) is 6.92 Å². The number of carbonyl (C=O) groups excluding carboxylic acids is 1. The second-order valence-corrected chi connectivity index (χ2v) is 5.06. The third-order valence-corrected chi connectivity index (χ3v) is 3.37. The minimum Gasteiger partial charge on any atom is -0.399 e. The van der Waals surface area contributed by atoms with Crippen LogP contribution in [-0.4, -0.2) is 12.5 Å². The smallest absolute Gasteiger partial charge is 0.261 e. The summed E-state index contributed by atoms with van der Waals surface area (Å²) in [7, 11) is 0. The van der Waals surface area contributed by atoms with Crippen molar-refractivity contribution in [3.8, 4) is 0 Å². The van der Waals surface area contributed by atoms with Gasteiger partial charge < -0.3 is 10.6 Å². The Labute approximate surface area is 128 Å². The van der Waals surface area contributed by atoms with Gasteiger partial charge in [0.2, 0.25) is 0 Å². The summed E-state index contributed by atoms with van der Waals surface area (Å²) in [6.07, 6.45) is 0.748. The number of anilines is 2. The Hall–Kier alpha value is -2.07. The molecule has 0 radical (unpaired) electrons. The van der Waals surface area contributed by atoms with Crippen LogP contribution in [0.25, 0.3) is 0 Å². The predicted octanol–water partition coefficient (Wildman–Crippen LogP) is 4.12. The maximum absolute atomic E-state index is 14.0. The summed E-state index contributed by atoms with van der Waals surface area (Å²) >= 11 is 5.74. The highest BCUT2D eigenvalue weighted by Gasteiger charge is 2.21. The monoisotopic (exact) mass is 306 g/mol. The Morgan fingerprint density at radius 3 is 2.52 bits per heavy atom. The van der Waals surface area contributed by atoms with Gasteiger partial charge in [-0.1, -0.05) is 24.6 Å². The van der Waals surface area contributed by atoms with Gasteiger partial charge in [-0.15, -0.1) is 0 Å². The molecule has 5 heteroatoms. The molecule has 2 N–H and O–H groups in total. The van der Waals surface area contributed by atoms with Crippen molar-refractivity contribution in [2.45, 2.75) is 13.3 Å². The topological polar surface area (TPSA) is 46.3 Å². The fraction of sp³-hybridized carbons (Fsp3) is 0.188. The number of halogens is 2. The molecule has 0 aliphatic rings. The molecule has 110 valence electrons. The van der Waals surface area contributed by atoms with Crippen molar-refractivity contribution in [2.24, 2.45) is 0 Å². The molecule has 1 amide bonds. The zero-order valence-electron chi connectivity index (χ0n) is 11.6. The number of nitrogens with zero attached hydrogens (tertiary/aromatic N) is 1. The third-order valence-electron chi connectivity index (χ3n) is 3.08. The first kappa shape index (κ1) is 15.3. The van der Waals surface area contributed by atoms with Gasteiger partial charge in [-0.05, 0) is 42.8 Å². The van der Waals surface area contributed by atoms with E-state index < -0.39 is 11.7 Å². The van der Waals surface area contributed by atoms with Gasteiger partial charge in [0.05, 0.1) is 10.6 Å². The third kappa shape index (κ3) is 3.34. The van der Waals surface area contributed by atoms with E-state index in [9.17, 15) is 9.18 Å². The lowest BCUT2D eigenvalue weighted by Gasteiger charge is -2.23. The van der Waals surface area contributed by atoms with Crippen LogP contribution in [0.4, 0.5) is 15.8 Å². The van der Waals surface area contributed by atoms with E-state index >= 15 is 0 Å². The van der Waals surface area contributed by atoms with Gasteiger partial charge in [0.1, 0.15) is 0 Å². The van der Waals surface area contributed by atoms with E-state index in [4.69, 9.17) is 17.3 Å². The lowest BCUT2D eigenvalue weighted by molar-refractivity contribution is 0.0983. The van der Waals surface area contributed by atoms with Crippen molar-refractivity contribution < 1.29 is 9.18 Å². The second-order valence-electron chi connectivity index (χ2n) is 4.65. The van der Waals surface area contributed by atoms with Crippen LogP contribution in [0.3, 0.4) is 0 Å². The number of carbonyl (C=O) groups is 1. The molecule has 0 unspecified atom stereocenters.